The summed E-state index contributed by atoms with van der Waals surface area (Å²) in [5.41, 5.74) is 6.86. The number of hydrogen-bond donors (Lipinski definition) is 4. The topological polar surface area (TPSA) is 108 Å². The number of hydrogen-bond acceptors (Lipinski definition) is 6. The van der Waals surface area contributed by atoms with Crippen molar-refractivity contribution in [2.75, 3.05) is 26.2 Å². The highest BCUT2D eigenvalue weighted by atomic mass is 35.5. The second-order valence-electron chi connectivity index (χ2n) is 8.80. The van der Waals surface area contributed by atoms with Gasteiger partial charge in [-0.1, -0.05) is 29.3 Å². The predicted octanol–water partition coefficient (Wildman–Crippen LogP) is 2.75. The Morgan fingerprint density at radius 2 is 2.07 bits per heavy atom. The zero-order valence-corrected chi connectivity index (χ0v) is 19.3. The van der Waals surface area contributed by atoms with Gasteiger partial charge in [0.2, 0.25) is 0 Å². The molecular formula is C21H33Cl2N3O4. The molecule has 0 saturated carbocycles. The molecule has 1 aliphatic rings. The van der Waals surface area contributed by atoms with Crippen LogP contribution < -0.4 is 11.1 Å². The first-order valence-electron chi connectivity index (χ1n) is 10.2. The van der Waals surface area contributed by atoms with Gasteiger partial charge in [-0.2, -0.15) is 0 Å². The Morgan fingerprint density at radius 3 is 2.67 bits per heavy atom. The van der Waals surface area contributed by atoms with Gasteiger partial charge in [-0.25, -0.2) is 4.79 Å². The SMILES string of the molecule is CC(C)(C)OC(=O)N1C[C@@H](N)[C@H](c2ccc(Cl)c(Cl)c2)CC1CCNCC(O)CO. The third-order valence-corrected chi connectivity index (χ3v) is 5.88. The molecule has 4 atom stereocenters. The molecule has 0 radical (unpaired) electrons. The second kappa shape index (κ2) is 11.0. The van der Waals surface area contributed by atoms with Crippen LogP contribution in [0.2, 0.25) is 10.0 Å². The molecule has 5 N–H and O–H groups in total. The smallest absolute Gasteiger partial charge is 0.410 e. The van der Waals surface area contributed by atoms with Crippen molar-refractivity contribution in [1.82, 2.24) is 10.2 Å². The van der Waals surface area contributed by atoms with E-state index in [0.717, 1.165) is 5.56 Å². The van der Waals surface area contributed by atoms with Crippen molar-refractivity contribution in [3.63, 3.8) is 0 Å². The molecule has 1 amide bonds. The minimum absolute atomic E-state index is 0.0199. The van der Waals surface area contributed by atoms with Gasteiger partial charge in [0.15, 0.2) is 0 Å². The average Bonchev–Trinajstić information content (AvgIpc) is 2.66. The van der Waals surface area contributed by atoms with Crippen molar-refractivity contribution < 1.29 is 19.7 Å². The molecule has 0 aromatic heterocycles. The molecule has 1 aliphatic heterocycles. The van der Waals surface area contributed by atoms with E-state index in [9.17, 15) is 9.90 Å². The lowest BCUT2D eigenvalue weighted by Gasteiger charge is -2.43. The number of nitrogens with one attached hydrogen (secondary N) is 1. The summed E-state index contributed by atoms with van der Waals surface area (Å²) < 4.78 is 5.59. The van der Waals surface area contributed by atoms with E-state index in [4.69, 9.17) is 38.8 Å². The maximum Gasteiger partial charge on any atom is 0.410 e. The molecule has 2 rings (SSSR count). The summed E-state index contributed by atoms with van der Waals surface area (Å²) in [5.74, 6) is 0.0199. The fourth-order valence-electron chi connectivity index (χ4n) is 3.64. The second-order valence-corrected chi connectivity index (χ2v) is 9.61. The summed E-state index contributed by atoms with van der Waals surface area (Å²) in [6.45, 7) is 6.43. The highest BCUT2D eigenvalue weighted by Crippen LogP contribution is 2.35. The van der Waals surface area contributed by atoms with Gasteiger partial charge in [-0.05, 0) is 57.9 Å². The fourth-order valence-corrected chi connectivity index (χ4v) is 3.95. The third-order valence-electron chi connectivity index (χ3n) is 5.14. The first-order valence-corrected chi connectivity index (χ1v) is 11.0. The molecule has 1 saturated heterocycles. The van der Waals surface area contributed by atoms with Crippen molar-refractivity contribution in [2.24, 2.45) is 5.73 Å². The fraction of sp³-hybridized carbons (Fsp3) is 0.667. The van der Waals surface area contributed by atoms with Gasteiger partial charge >= 0.3 is 6.09 Å². The van der Waals surface area contributed by atoms with Crippen LogP contribution in [0.5, 0.6) is 0 Å². The van der Waals surface area contributed by atoms with Crippen molar-refractivity contribution in [3.05, 3.63) is 33.8 Å². The van der Waals surface area contributed by atoms with Gasteiger partial charge in [0.1, 0.15) is 5.60 Å². The van der Waals surface area contributed by atoms with E-state index < -0.39 is 11.7 Å². The van der Waals surface area contributed by atoms with Gasteiger partial charge in [-0.3, -0.25) is 0 Å². The van der Waals surface area contributed by atoms with Crippen LogP contribution in [-0.2, 0) is 4.74 Å². The monoisotopic (exact) mass is 461 g/mol. The van der Waals surface area contributed by atoms with E-state index in [0.29, 0.717) is 36.0 Å². The number of carbonyl (C=O) groups is 1. The van der Waals surface area contributed by atoms with Crippen molar-refractivity contribution in [2.45, 2.75) is 63.3 Å². The number of carbonyl (C=O) groups excluding carboxylic acids is 1. The third kappa shape index (κ3) is 7.25. The van der Waals surface area contributed by atoms with E-state index in [1.165, 1.54) is 0 Å². The number of aliphatic hydroxyl groups excluding tert-OH is 2. The zero-order valence-electron chi connectivity index (χ0n) is 17.8. The first kappa shape index (κ1) is 25.2. The van der Waals surface area contributed by atoms with Gasteiger partial charge in [-0.15, -0.1) is 0 Å². The molecule has 2 unspecified atom stereocenters. The molecule has 0 bridgehead atoms. The lowest BCUT2D eigenvalue weighted by atomic mass is 9.81. The number of benzene rings is 1. The Kier molecular flexibility index (Phi) is 9.21. The standard InChI is InChI=1S/C21H33Cl2N3O4/c1-21(2,3)30-20(29)26-11-19(24)16(13-4-5-17(22)18(23)8-13)9-14(26)6-7-25-10-15(28)12-27/h4-5,8,14-16,19,25,27-28H,6-7,9-12,24H2,1-3H3/t14?,15?,16-,19+/m0/s1. The van der Waals surface area contributed by atoms with Crippen molar-refractivity contribution in [1.29, 1.82) is 0 Å². The normalized spacial score (nSPS) is 23.3. The van der Waals surface area contributed by atoms with Gasteiger partial charge < -0.3 is 30.9 Å². The van der Waals surface area contributed by atoms with Gasteiger partial charge in [0.25, 0.3) is 0 Å². The first-order chi connectivity index (χ1) is 14.0. The molecule has 7 nitrogen and oxygen atoms in total. The molecule has 1 aromatic carbocycles. The molecule has 1 aromatic rings. The van der Waals surface area contributed by atoms with Crippen molar-refractivity contribution >= 4 is 29.3 Å². The number of halogens is 2. The minimum atomic E-state index is -0.810. The lowest BCUT2D eigenvalue weighted by molar-refractivity contribution is 0.00422. The van der Waals surface area contributed by atoms with E-state index in [1.54, 1.807) is 11.0 Å². The van der Waals surface area contributed by atoms with Crippen LogP contribution in [0.1, 0.15) is 45.1 Å². The molecule has 0 aliphatic carbocycles. The summed E-state index contributed by atoms with van der Waals surface area (Å²) in [5, 5.41) is 22.5. The Labute approximate surface area is 188 Å². The Hall–Kier alpha value is -1.09. The Bertz CT molecular complexity index is 714. The van der Waals surface area contributed by atoms with Crippen LogP contribution in [0.4, 0.5) is 4.79 Å². The average molecular weight is 462 g/mol. The molecule has 30 heavy (non-hydrogen) atoms. The van der Waals surface area contributed by atoms with Crippen LogP contribution in [0.3, 0.4) is 0 Å². The summed E-state index contributed by atoms with van der Waals surface area (Å²) >= 11 is 12.3. The molecule has 9 heteroatoms. The highest BCUT2D eigenvalue weighted by molar-refractivity contribution is 6.42. The number of nitrogens with zero attached hydrogens (tertiary/aromatic N) is 1. The summed E-state index contributed by atoms with van der Waals surface area (Å²) in [7, 11) is 0. The van der Waals surface area contributed by atoms with Gasteiger partial charge in [0, 0.05) is 31.1 Å². The summed E-state index contributed by atoms with van der Waals surface area (Å²) in [6, 6.07) is 5.16. The molecule has 1 fully saturated rings. The number of nitrogens with two attached hydrogens (primary N) is 1. The molecule has 0 spiro atoms. The number of piperidine rings is 1. The minimum Gasteiger partial charge on any atom is -0.444 e. The molecule has 170 valence electrons. The number of amides is 1. The van der Waals surface area contributed by atoms with Crippen LogP contribution in [-0.4, -0.2) is 71.2 Å². The zero-order chi connectivity index (χ0) is 22.5. The maximum atomic E-state index is 12.8. The Morgan fingerprint density at radius 1 is 1.37 bits per heavy atom. The van der Waals surface area contributed by atoms with E-state index >= 15 is 0 Å². The van der Waals surface area contributed by atoms with Gasteiger partial charge in [0.05, 0.1) is 22.8 Å². The number of rotatable bonds is 7. The van der Waals surface area contributed by atoms with Crippen LogP contribution in [0.15, 0.2) is 18.2 Å². The molecular weight excluding hydrogens is 429 g/mol. The van der Waals surface area contributed by atoms with E-state index in [1.807, 2.05) is 32.9 Å². The van der Waals surface area contributed by atoms with E-state index in [-0.39, 0.29) is 37.2 Å². The summed E-state index contributed by atoms with van der Waals surface area (Å²) in [6.07, 6.45) is 0.117. The predicted molar refractivity (Wildman–Crippen MR) is 119 cm³/mol. The van der Waals surface area contributed by atoms with E-state index in [2.05, 4.69) is 5.32 Å². The summed E-state index contributed by atoms with van der Waals surface area (Å²) in [4.78, 5) is 14.5. The maximum absolute atomic E-state index is 12.8. The lowest BCUT2D eigenvalue weighted by Crippen LogP contribution is -2.56. The quantitative estimate of drug-likeness (QED) is 0.464. The van der Waals surface area contributed by atoms with Crippen LogP contribution in [0.25, 0.3) is 0 Å². The van der Waals surface area contributed by atoms with Crippen LogP contribution >= 0.6 is 23.2 Å². The van der Waals surface area contributed by atoms with Crippen molar-refractivity contribution in [3.8, 4) is 0 Å². The highest BCUT2D eigenvalue weighted by Gasteiger charge is 2.38. The Balaban J connectivity index is 2.15. The molecule has 1 heterocycles. The van der Waals surface area contributed by atoms with Crippen LogP contribution in [0, 0.1) is 0 Å². The number of ether oxygens (including phenoxy) is 1. The number of aliphatic hydroxyl groups is 2. The number of likely N-dealkylation sites (tertiary alicyclic amines) is 1. The largest absolute Gasteiger partial charge is 0.444 e.